The summed E-state index contributed by atoms with van der Waals surface area (Å²) in [6, 6.07) is 4.93. The Balaban J connectivity index is 2.21. The second-order valence-electron chi connectivity index (χ2n) is 5.04. The molecule has 0 spiro atoms. The maximum Gasteiger partial charge on any atom is 0.101 e. The number of nitriles is 1. The Labute approximate surface area is 109 Å². The van der Waals surface area contributed by atoms with E-state index in [9.17, 15) is 5.26 Å². The van der Waals surface area contributed by atoms with E-state index in [2.05, 4.69) is 35.1 Å². The van der Waals surface area contributed by atoms with Crippen molar-refractivity contribution in [3.05, 3.63) is 24.0 Å². The van der Waals surface area contributed by atoms with E-state index in [0.29, 0.717) is 17.6 Å². The number of nitrogens with zero attached hydrogens (tertiary/aromatic N) is 3. The number of anilines is 1. The molecule has 0 radical (unpaired) electrons. The molecule has 1 aromatic rings. The van der Waals surface area contributed by atoms with Gasteiger partial charge in [0, 0.05) is 24.8 Å². The Morgan fingerprint density at radius 3 is 3.06 bits per heavy atom. The van der Waals surface area contributed by atoms with Gasteiger partial charge in [-0.1, -0.05) is 0 Å². The first-order valence-electron chi connectivity index (χ1n) is 6.56. The van der Waals surface area contributed by atoms with Crippen LogP contribution in [0.2, 0.25) is 0 Å². The summed E-state index contributed by atoms with van der Waals surface area (Å²) in [4.78, 5) is 6.43. The van der Waals surface area contributed by atoms with Crippen LogP contribution in [0.1, 0.15) is 32.3 Å². The lowest BCUT2D eigenvalue weighted by Crippen LogP contribution is -2.41. The predicted molar refractivity (Wildman–Crippen MR) is 72.5 cm³/mol. The van der Waals surface area contributed by atoms with Gasteiger partial charge in [0.05, 0.1) is 17.4 Å². The fraction of sp³-hybridized carbons (Fsp3) is 0.571. The van der Waals surface area contributed by atoms with Crippen LogP contribution in [-0.4, -0.2) is 30.2 Å². The van der Waals surface area contributed by atoms with Gasteiger partial charge in [0.25, 0.3) is 0 Å². The Morgan fingerprint density at radius 1 is 1.61 bits per heavy atom. The van der Waals surface area contributed by atoms with Crippen LogP contribution < -0.4 is 10.2 Å². The van der Waals surface area contributed by atoms with Crippen molar-refractivity contribution < 1.29 is 0 Å². The van der Waals surface area contributed by atoms with Gasteiger partial charge in [-0.25, -0.2) is 0 Å². The summed E-state index contributed by atoms with van der Waals surface area (Å²) in [6.45, 7) is 6.36. The molecule has 1 aliphatic rings. The van der Waals surface area contributed by atoms with Gasteiger partial charge in [-0.2, -0.15) is 5.26 Å². The lowest BCUT2D eigenvalue weighted by molar-refractivity contribution is 0.552. The highest BCUT2D eigenvalue weighted by atomic mass is 15.2. The maximum atomic E-state index is 9.19. The molecule has 1 N–H and O–H groups in total. The zero-order valence-corrected chi connectivity index (χ0v) is 11.1. The number of pyridine rings is 1. The molecule has 1 unspecified atom stereocenters. The zero-order chi connectivity index (χ0) is 13.0. The second kappa shape index (κ2) is 5.83. The Morgan fingerprint density at radius 2 is 2.44 bits per heavy atom. The summed E-state index contributed by atoms with van der Waals surface area (Å²) in [5.74, 6) is 0. The molecular weight excluding hydrogens is 224 g/mol. The van der Waals surface area contributed by atoms with Crippen molar-refractivity contribution in [1.82, 2.24) is 10.3 Å². The molecule has 18 heavy (non-hydrogen) atoms. The minimum Gasteiger partial charge on any atom is -0.365 e. The molecule has 4 heteroatoms. The molecule has 2 heterocycles. The van der Waals surface area contributed by atoms with Gasteiger partial charge in [-0.15, -0.1) is 0 Å². The molecule has 2 rings (SSSR count). The van der Waals surface area contributed by atoms with Crippen molar-refractivity contribution in [3.63, 3.8) is 0 Å². The van der Waals surface area contributed by atoms with Crippen molar-refractivity contribution in [2.45, 2.75) is 38.8 Å². The van der Waals surface area contributed by atoms with Crippen molar-refractivity contribution in [1.29, 1.82) is 5.26 Å². The quantitative estimate of drug-likeness (QED) is 0.879. The number of rotatable bonds is 4. The lowest BCUT2D eigenvalue weighted by Gasteiger charge is -2.31. The van der Waals surface area contributed by atoms with Crippen LogP contribution in [0.3, 0.4) is 0 Å². The third kappa shape index (κ3) is 2.80. The zero-order valence-electron chi connectivity index (χ0n) is 11.1. The fourth-order valence-corrected chi connectivity index (χ4v) is 2.45. The molecule has 1 fully saturated rings. The van der Waals surface area contributed by atoms with E-state index in [1.807, 2.05) is 0 Å². The monoisotopic (exact) mass is 244 g/mol. The number of hydrogen-bond acceptors (Lipinski definition) is 4. The number of aromatic nitrogens is 1. The molecule has 0 aromatic carbocycles. The Bertz CT molecular complexity index is 430. The van der Waals surface area contributed by atoms with Gasteiger partial charge in [0.1, 0.15) is 6.07 Å². The van der Waals surface area contributed by atoms with Crippen LogP contribution in [0, 0.1) is 11.3 Å². The third-order valence-electron chi connectivity index (χ3n) is 3.43. The molecular formula is C14H20N4. The van der Waals surface area contributed by atoms with Crippen LogP contribution >= 0.6 is 0 Å². The summed E-state index contributed by atoms with van der Waals surface area (Å²) in [6.07, 6.45) is 5.93. The van der Waals surface area contributed by atoms with E-state index in [1.165, 1.54) is 12.8 Å². The van der Waals surface area contributed by atoms with Gasteiger partial charge >= 0.3 is 0 Å². The standard InChI is InChI=1S/C14H20N4/c1-11(2)18(10-13-4-3-6-17-13)14-9-16-7-5-12(14)8-15/h5,7,9,11,13,17H,3-4,6,10H2,1-2H3. The topological polar surface area (TPSA) is 52.0 Å². The normalized spacial score (nSPS) is 18.9. The van der Waals surface area contributed by atoms with Crippen LogP contribution in [-0.2, 0) is 0 Å². The fourth-order valence-electron chi connectivity index (χ4n) is 2.45. The first kappa shape index (κ1) is 12.8. The first-order chi connectivity index (χ1) is 8.72. The molecule has 1 saturated heterocycles. The summed E-state index contributed by atoms with van der Waals surface area (Å²) in [7, 11) is 0. The summed E-state index contributed by atoms with van der Waals surface area (Å²) >= 11 is 0. The molecule has 0 amide bonds. The Kier molecular flexibility index (Phi) is 4.16. The molecule has 1 atom stereocenters. The third-order valence-corrected chi connectivity index (χ3v) is 3.43. The smallest absolute Gasteiger partial charge is 0.101 e. The molecule has 1 aromatic heterocycles. The van der Waals surface area contributed by atoms with Gasteiger partial charge in [0.2, 0.25) is 0 Å². The average Bonchev–Trinajstić information content (AvgIpc) is 2.88. The first-order valence-corrected chi connectivity index (χ1v) is 6.56. The molecule has 0 bridgehead atoms. The molecule has 96 valence electrons. The minimum absolute atomic E-state index is 0.365. The molecule has 0 saturated carbocycles. The minimum atomic E-state index is 0.365. The number of nitrogens with one attached hydrogen (secondary N) is 1. The van der Waals surface area contributed by atoms with E-state index in [0.717, 1.165) is 18.8 Å². The average molecular weight is 244 g/mol. The predicted octanol–water partition coefficient (Wildman–Crippen LogP) is 1.92. The second-order valence-corrected chi connectivity index (χ2v) is 5.04. The van der Waals surface area contributed by atoms with Crippen molar-refractivity contribution in [3.8, 4) is 6.07 Å². The maximum absolute atomic E-state index is 9.19. The Hall–Kier alpha value is -1.60. The highest BCUT2D eigenvalue weighted by molar-refractivity contribution is 5.58. The van der Waals surface area contributed by atoms with Crippen molar-refractivity contribution in [2.75, 3.05) is 18.0 Å². The summed E-state index contributed by atoms with van der Waals surface area (Å²) < 4.78 is 0. The van der Waals surface area contributed by atoms with Crippen molar-refractivity contribution >= 4 is 5.69 Å². The van der Waals surface area contributed by atoms with E-state index >= 15 is 0 Å². The molecule has 1 aliphatic heterocycles. The number of hydrogen-bond donors (Lipinski definition) is 1. The van der Waals surface area contributed by atoms with Crippen molar-refractivity contribution in [2.24, 2.45) is 0 Å². The summed E-state index contributed by atoms with van der Waals surface area (Å²) in [5, 5.41) is 12.7. The SMILES string of the molecule is CC(C)N(CC1CCCN1)c1cnccc1C#N. The lowest BCUT2D eigenvalue weighted by atomic mass is 10.1. The van der Waals surface area contributed by atoms with Crippen LogP contribution in [0.5, 0.6) is 0 Å². The molecule has 4 nitrogen and oxygen atoms in total. The molecule has 0 aliphatic carbocycles. The van der Waals surface area contributed by atoms with Gasteiger partial charge in [-0.3, -0.25) is 4.98 Å². The summed E-state index contributed by atoms with van der Waals surface area (Å²) in [5.41, 5.74) is 1.65. The van der Waals surface area contributed by atoms with E-state index < -0.39 is 0 Å². The van der Waals surface area contributed by atoms with Crippen LogP contribution in [0.25, 0.3) is 0 Å². The van der Waals surface area contributed by atoms with E-state index in [4.69, 9.17) is 0 Å². The van der Waals surface area contributed by atoms with E-state index in [1.54, 1.807) is 18.5 Å². The van der Waals surface area contributed by atoms with E-state index in [-0.39, 0.29) is 0 Å². The van der Waals surface area contributed by atoms with Crippen LogP contribution in [0.15, 0.2) is 18.5 Å². The van der Waals surface area contributed by atoms with Gasteiger partial charge in [0.15, 0.2) is 0 Å². The van der Waals surface area contributed by atoms with Crippen LogP contribution in [0.4, 0.5) is 5.69 Å². The van der Waals surface area contributed by atoms with Gasteiger partial charge in [-0.05, 0) is 39.3 Å². The highest BCUT2D eigenvalue weighted by Crippen LogP contribution is 2.22. The van der Waals surface area contributed by atoms with Gasteiger partial charge < -0.3 is 10.2 Å². The highest BCUT2D eigenvalue weighted by Gasteiger charge is 2.21. The largest absolute Gasteiger partial charge is 0.365 e.